The van der Waals surface area contributed by atoms with Crippen LogP contribution in [0.25, 0.3) is 49.7 Å². The molecule has 0 unspecified atom stereocenters. The highest BCUT2D eigenvalue weighted by Gasteiger charge is 2.36. The summed E-state index contributed by atoms with van der Waals surface area (Å²) in [5.74, 6) is 0. The monoisotopic (exact) mass is 561 g/mol. The highest BCUT2D eigenvalue weighted by molar-refractivity contribution is 14.1. The van der Waals surface area contributed by atoms with Gasteiger partial charge in [-0.05, 0) is 98.4 Å². The van der Waals surface area contributed by atoms with Gasteiger partial charge in [0.15, 0.2) is 0 Å². The van der Waals surface area contributed by atoms with Crippen molar-refractivity contribution in [3.05, 3.63) is 124 Å². The fourth-order valence-electron chi connectivity index (χ4n) is 5.93. The zero-order valence-electron chi connectivity index (χ0n) is 19.7. The van der Waals surface area contributed by atoms with E-state index in [0.29, 0.717) is 0 Å². The Balaban J connectivity index is 1.54. The standard InChI is InChI=1S/C33H24IN/c1-33(2)29-15-5-3-13-25(29)27-19-28-26-14-4-6-16-31(26)35(32(28)20-30(27)33)24-12-8-10-22(18-24)21-9-7-11-23(34)17-21/h3-20H,1-2H3. The molecule has 168 valence electrons. The van der Waals surface area contributed by atoms with Crippen molar-refractivity contribution < 1.29 is 0 Å². The molecule has 0 atom stereocenters. The van der Waals surface area contributed by atoms with E-state index in [2.05, 4.69) is 150 Å². The van der Waals surface area contributed by atoms with Crippen molar-refractivity contribution in [2.24, 2.45) is 0 Å². The molecular formula is C33H24IN. The summed E-state index contributed by atoms with van der Waals surface area (Å²) in [6.07, 6.45) is 0. The summed E-state index contributed by atoms with van der Waals surface area (Å²) < 4.78 is 3.70. The molecule has 1 aliphatic carbocycles. The molecule has 0 aliphatic heterocycles. The molecule has 2 heteroatoms. The summed E-state index contributed by atoms with van der Waals surface area (Å²) in [4.78, 5) is 0. The second-order valence-corrected chi connectivity index (χ2v) is 11.2. The van der Waals surface area contributed by atoms with Crippen LogP contribution < -0.4 is 0 Å². The van der Waals surface area contributed by atoms with E-state index in [1.165, 1.54) is 64.4 Å². The molecule has 0 fully saturated rings. The van der Waals surface area contributed by atoms with E-state index >= 15 is 0 Å². The van der Waals surface area contributed by atoms with Crippen molar-refractivity contribution in [2.45, 2.75) is 19.3 Å². The van der Waals surface area contributed by atoms with Crippen molar-refractivity contribution in [2.75, 3.05) is 0 Å². The maximum Gasteiger partial charge on any atom is 0.0544 e. The van der Waals surface area contributed by atoms with Gasteiger partial charge in [-0.3, -0.25) is 0 Å². The topological polar surface area (TPSA) is 4.93 Å². The van der Waals surface area contributed by atoms with Gasteiger partial charge in [0.05, 0.1) is 11.0 Å². The SMILES string of the molecule is CC1(C)c2ccccc2-c2cc3c4ccccc4n(-c4cccc(-c5cccc(I)c5)c4)c3cc21. The lowest BCUT2D eigenvalue weighted by Crippen LogP contribution is -2.14. The van der Waals surface area contributed by atoms with Crippen LogP contribution in [0.5, 0.6) is 0 Å². The third-order valence-corrected chi connectivity index (χ3v) is 8.31. The maximum atomic E-state index is 2.45. The van der Waals surface area contributed by atoms with E-state index in [4.69, 9.17) is 0 Å². The Hall–Kier alpha value is -3.37. The van der Waals surface area contributed by atoms with Crippen LogP contribution in [0.15, 0.2) is 109 Å². The van der Waals surface area contributed by atoms with E-state index in [-0.39, 0.29) is 5.41 Å². The van der Waals surface area contributed by atoms with Crippen LogP contribution in [0.4, 0.5) is 0 Å². The maximum absolute atomic E-state index is 2.45. The minimum atomic E-state index is -0.0238. The van der Waals surface area contributed by atoms with Crippen LogP contribution in [-0.4, -0.2) is 4.57 Å². The summed E-state index contributed by atoms with van der Waals surface area (Å²) in [6, 6.07) is 40.2. The molecule has 0 saturated heterocycles. The Labute approximate surface area is 219 Å². The molecule has 0 saturated carbocycles. The van der Waals surface area contributed by atoms with Gasteiger partial charge in [-0.25, -0.2) is 0 Å². The van der Waals surface area contributed by atoms with Gasteiger partial charge in [-0.2, -0.15) is 0 Å². The van der Waals surface area contributed by atoms with Gasteiger partial charge in [0, 0.05) is 25.4 Å². The number of hydrogen-bond acceptors (Lipinski definition) is 0. The third-order valence-electron chi connectivity index (χ3n) is 7.64. The van der Waals surface area contributed by atoms with Crippen molar-refractivity contribution in [3.8, 4) is 27.9 Å². The van der Waals surface area contributed by atoms with E-state index < -0.39 is 0 Å². The van der Waals surface area contributed by atoms with Gasteiger partial charge in [-0.1, -0.05) is 80.6 Å². The normalized spacial score (nSPS) is 13.8. The zero-order chi connectivity index (χ0) is 23.7. The van der Waals surface area contributed by atoms with Gasteiger partial charge < -0.3 is 4.57 Å². The summed E-state index contributed by atoms with van der Waals surface area (Å²) >= 11 is 2.39. The summed E-state index contributed by atoms with van der Waals surface area (Å²) in [5, 5.41) is 2.61. The molecule has 1 aromatic heterocycles. The van der Waals surface area contributed by atoms with Crippen LogP contribution in [0.2, 0.25) is 0 Å². The largest absolute Gasteiger partial charge is 0.309 e. The lowest BCUT2D eigenvalue weighted by molar-refractivity contribution is 0.661. The van der Waals surface area contributed by atoms with Crippen molar-refractivity contribution in [1.82, 2.24) is 4.57 Å². The van der Waals surface area contributed by atoms with Crippen LogP contribution in [0.1, 0.15) is 25.0 Å². The Bertz CT molecular complexity index is 1790. The molecule has 6 aromatic rings. The summed E-state index contributed by atoms with van der Waals surface area (Å²) in [5.41, 5.74) is 11.7. The number of fused-ring (bicyclic) bond motifs is 6. The number of benzene rings is 5. The molecule has 5 aromatic carbocycles. The van der Waals surface area contributed by atoms with Gasteiger partial charge in [0.2, 0.25) is 0 Å². The first-order valence-electron chi connectivity index (χ1n) is 12.1. The predicted octanol–water partition coefficient (Wildman–Crippen LogP) is 9.36. The average Bonchev–Trinajstić information content (AvgIpc) is 3.32. The van der Waals surface area contributed by atoms with Crippen LogP contribution in [-0.2, 0) is 5.41 Å². The minimum Gasteiger partial charge on any atom is -0.309 e. The Morgan fingerprint density at radius 2 is 1.31 bits per heavy atom. The average molecular weight is 561 g/mol. The second kappa shape index (κ2) is 7.56. The number of rotatable bonds is 2. The highest BCUT2D eigenvalue weighted by Crippen LogP contribution is 2.50. The smallest absolute Gasteiger partial charge is 0.0544 e. The number of nitrogens with zero attached hydrogens (tertiary/aromatic N) is 1. The molecule has 1 aliphatic rings. The number of hydrogen-bond donors (Lipinski definition) is 0. The molecule has 0 bridgehead atoms. The van der Waals surface area contributed by atoms with Gasteiger partial charge in [-0.15, -0.1) is 0 Å². The molecule has 0 N–H and O–H groups in total. The van der Waals surface area contributed by atoms with Gasteiger partial charge in [0.25, 0.3) is 0 Å². The first-order chi connectivity index (χ1) is 17.0. The molecule has 35 heavy (non-hydrogen) atoms. The zero-order valence-corrected chi connectivity index (χ0v) is 21.9. The van der Waals surface area contributed by atoms with Crippen molar-refractivity contribution >= 4 is 44.4 Å². The quantitative estimate of drug-likeness (QED) is 0.186. The summed E-state index contributed by atoms with van der Waals surface area (Å²) in [7, 11) is 0. The van der Waals surface area contributed by atoms with Gasteiger partial charge in [0.1, 0.15) is 0 Å². The fraction of sp³-hybridized carbons (Fsp3) is 0.0909. The van der Waals surface area contributed by atoms with Crippen LogP contribution >= 0.6 is 22.6 Å². The lowest BCUT2D eigenvalue weighted by atomic mass is 9.82. The molecule has 0 radical (unpaired) electrons. The molecule has 0 spiro atoms. The van der Waals surface area contributed by atoms with Crippen LogP contribution in [0, 0.1) is 3.57 Å². The van der Waals surface area contributed by atoms with E-state index in [1.807, 2.05) is 0 Å². The number of aromatic nitrogens is 1. The Morgan fingerprint density at radius 1 is 0.571 bits per heavy atom. The molecule has 0 amide bonds. The first kappa shape index (κ1) is 21.0. The van der Waals surface area contributed by atoms with E-state index in [9.17, 15) is 0 Å². The second-order valence-electron chi connectivity index (χ2n) is 10.00. The third kappa shape index (κ3) is 3.06. The molecule has 1 nitrogen and oxygen atoms in total. The Kier molecular flexibility index (Phi) is 4.53. The minimum absolute atomic E-state index is 0.0238. The molecule has 1 heterocycles. The van der Waals surface area contributed by atoms with Crippen LogP contribution in [0.3, 0.4) is 0 Å². The van der Waals surface area contributed by atoms with E-state index in [1.54, 1.807) is 0 Å². The lowest BCUT2D eigenvalue weighted by Gasteiger charge is -2.21. The number of para-hydroxylation sites is 1. The number of halogens is 1. The highest BCUT2D eigenvalue weighted by atomic mass is 127. The summed E-state index contributed by atoms with van der Waals surface area (Å²) in [6.45, 7) is 4.71. The van der Waals surface area contributed by atoms with Crippen molar-refractivity contribution in [1.29, 1.82) is 0 Å². The van der Waals surface area contributed by atoms with Gasteiger partial charge >= 0.3 is 0 Å². The predicted molar refractivity (Wildman–Crippen MR) is 156 cm³/mol. The van der Waals surface area contributed by atoms with E-state index in [0.717, 1.165) is 0 Å². The molecule has 7 rings (SSSR count). The first-order valence-corrected chi connectivity index (χ1v) is 13.1. The Morgan fingerprint density at radius 3 is 2.17 bits per heavy atom. The van der Waals surface area contributed by atoms with Crippen molar-refractivity contribution in [3.63, 3.8) is 0 Å². The fourth-order valence-corrected chi connectivity index (χ4v) is 6.48. The molecular weight excluding hydrogens is 537 g/mol.